The van der Waals surface area contributed by atoms with Crippen LogP contribution in [0.5, 0.6) is 11.5 Å². The Hall–Kier alpha value is -3.68. The van der Waals surface area contributed by atoms with Crippen molar-refractivity contribution < 1.29 is 13.9 Å². The number of oxazole rings is 1. The molecule has 2 aromatic carbocycles. The summed E-state index contributed by atoms with van der Waals surface area (Å²) in [7, 11) is 3.34. The van der Waals surface area contributed by atoms with Gasteiger partial charge in [0.05, 0.1) is 20.8 Å². The first-order valence-electron chi connectivity index (χ1n) is 11.2. The number of hydrogen-bond acceptors (Lipinski definition) is 6. The maximum absolute atomic E-state index is 5.63. The van der Waals surface area contributed by atoms with Crippen LogP contribution in [0.15, 0.2) is 64.2 Å². The topological polar surface area (TPSA) is 84.2 Å². The predicted molar refractivity (Wildman–Crippen MR) is 130 cm³/mol. The van der Waals surface area contributed by atoms with Gasteiger partial charge in [-0.1, -0.05) is 18.2 Å². The largest absolute Gasteiger partial charge is 0.497 e. The maximum Gasteiger partial charge on any atom is 0.226 e. The zero-order valence-corrected chi connectivity index (χ0v) is 19.4. The van der Waals surface area contributed by atoms with Crippen LogP contribution in [0.3, 0.4) is 0 Å². The second kappa shape index (κ2) is 10.8. The van der Waals surface area contributed by atoms with Gasteiger partial charge >= 0.3 is 0 Å². The van der Waals surface area contributed by atoms with Crippen molar-refractivity contribution in [2.24, 2.45) is 4.99 Å². The molecule has 0 saturated carbocycles. The van der Waals surface area contributed by atoms with Gasteiger partial charge in [-0.2, -0.15) is 0 Å². The minimum absolute atomic E-state index is 0.275. The second-order valence-corrected chi connectivity index (χ2v) is 7.85. The molecule has 1 aliphatic rings. The first-order chi connectivity index (χ1) is 16.2. The average molecular weight is 450 g/mol. The Morgan fingerprint density at radius 1 is 1.15 bits per heavy atom. The summed E-state index contributed by atoms with van der Waals surface area (Å²) in [6.07, 6.45) is 2.68. The van der Waals surface area contributed by atoms with E-state index < -0.39 is 0 Å². The second-order valence-electron chi connectivity index (χ2n) is 7.85. The Bertz CT molecular complexity index is 1040. The summed E-state index contributed by atoms with van der Waals surface area (Å²) in [4.78, 5) is 11.6. The maximum atomic E-state index is 5.63. The van der Waals surface area contributed by atoms with Crippen LogP contribution in [0.1, 0.15) is 19.0 Å². The molecule has 174 valence electrons. The van der Waals surface area contributed by atoms with Gasteiger partial charge in [0.15, 0.2) is 5.96 Å². The molecule has 0 amide bonds. The van der Waals surface area contributed by atoms with Gasteiger partial charge < -0.3 is 29.4 Å². The molecule has 2 N–H and O–H groups in total. The van der Waals surface area contributed by atoms with Crippen molar-refractivity contribution >= 4 is 11.6 Å². The molecule has 8 heteroatoms. The van der Waals surface area contributed by atoms with Crippen molar-refractivity contribution in [3.63, 3.8) is 0 Å². The van der Waals surface area contributed by atoms with Crippen molar-refractivity contribution in [2.75, 3.05) is 38.8 Å². The molecule has 1 saturated heterocycles. The monoisotopic (exact) mass is 449 g/mol. The molecular formula is C25H31N5O3. The van der Waals surface area contributed by atoms with Crippen LogP contribution < -0.4 is 25.0 Å². The minimum atomic E-state index is 0.275. The highest BCUT2D eigenvalue weighted by molar-refractivity contribution is 5.80. The Labute approximate surface area is 194 Å². The van der Waals surface area contributed by atoms with E-state index in [0.29, 0.717) is 12.4 Å². The van der Waals surface area contributed by atoms with Crippen molar-refractivity contribution in [3.8, 4) is 23.0 Å². The van der Waals surface area contributed by atoms with Crippen LogP contribution in [0.25, 0.3) is 11.5 Å². The van der Waals surface area contributed by atoms with E-state index in [0.717, 1.165) is 60.5 Å². The number of anilines is 1. The smallest absolute Gasteiger partial charge is 0.226 e. The number of benzene rings is 2. The van der Waals surface area contributed by atoms with Crippen molar-refractivity contribution in [1.82, 2.24) is 15.6 Å². The van der Waals surface area contributed by atoms with Gasteiger partial charge in [-0.25, -0.2) is 9.98 Å². The zero-order valence-electron chi connectivity index (χ0n) is 19.4. The number of guanidine groups is 1. The molecule has 4 rings (SSSR count). The average Bonchev–Trinajstić information content (AvgIpc) is 3.53. The Kier molecular flexibility index (Phi) is 7.34. The summed E-state index contributed by atoms with van der Waals surface area (Å²) >= 11 is 0. The summed E-state index contributed by atoms with van der Waals surface area (Å²) in [6, 6.07) is 16.1. The summed E-state index contributed by atoms with van der Waals surface area (Å²) in [5.74, 6) is 2.96. The minimum Gasteiger partial charge on any atom is -0.497 e. The molecule has 0 aliphatic carbocycles. The number of aliphatic imine (C=N–C) groups is 1. The molecule has 33 heavy (non-hydrogen) atoms. The molecule has 8 nitrogen and oxygen atoms in total. The van der Waals surface area contributed by atoms with E-state index in [4.69, 9.17) is 18.9 Å². The van der Waals surface area contributed by atoms with E-state index in [-0.39, 0.29) is 6.04 Å². The lowest BCUT2D eigenvalue weighted by atomic mass is 10.2. The summed E-state index contributed by atoms with van der Waals surface area (Å²) in [5.41, 5.74) is 2.84. The first-order valence-corrected chi connectivity index (χ1v) is 11.2. The van der Waals surface area contributed by atoms with Gasteiger partial charge in [-0.3, -0.25) is 0 Å². The number of nitrogens with one attached hydrogen (secondary N) is 2. The zero-order chi connectivity index (χ0) is 23.0. The van der Waals surface area contributed by atoms with Crippen molar-refractivity contribution in [3.05, 3.63) is 60.5 Å². The van der Waals surface area contributed by atoms with E-state index in [9.17, 15) is 0 Å². The normalized spacial score (nSPS) is 16.0. The van der Waals surface area contributed by atoms with Crippen LogP contribution in [-0.2, 0) is 6.54 Å². The molecule has 1 aromatic heterocycles. The lowest BCUT2D eigenvalue weighted by Crippen LogP contribution is -2.44. The number of aromatic nitrogens is 1. The van der Waals surface area contributed by atoms with E-state index in [1.54, 1.807) is 20.5 Å². The Morgan fingerprint density at radius 2 is 1.91 bits per heavy atom. The fraction of sp³-hybridized carbons (Fsp3) is 0.360. The molecule has 1 unspecified atom stereocenters. The molecule has 1 aliphatic heterocycles. The van der Waals surface area contributed by atoms with Gasteiger partial charge in [-0.05, 0) is 25.5 Å². The molecule has 1 atom stereocenters. The summed E-state index contributed by atoms with van der Waals surface area (Å²) in [6.45, 7) is 5.09. The summed E-state index contributed by atoms with van der Waals surface area (Å²) < 4.78 is 16.5. The summed E-state index contributed by atoms with van der Waals surface area (Å²) in [5, 5.41) is 6.89. The molecule has 2 heterocycles. The lowest BCUT2D eigenvalue weighted by molar-refractivity contribution is 0.394. The SMILES string of the molecule is CCNC(=NCc1coc(-c2ccccc2)n1)NC1CCN(c2cc(OC)cc(OC)c2)C1. The van der Waals surface area contributed by atoms with Gasteiger partial charge in [0.1, 0.15) is 23.5 Å². The number of ether oxygens (including phenoxy) is 2. The number of hydrogen-bond donors (Lipinski definition) is 2. The predicted octanol–water partition coefficient (Wildman–Crippen LogP) is 3.69. The van der Waals surface area contributed by atoms with Crippen LogP contribution in [0.2, 0.25) is 0 Å². The molecule has 0 spiro atoms. The molecule has 1 fully saturated rings. The van der Waals surface area contributed by atoms with Crippen LogP contribution in [0.4, 0.5) is 5.69 Å². The van der Waals surface area contributed by atoms with E-state index in [1.165, 1.54) is 0 Å². The highest BCUT2D eigenvalue weighted by Gasteiger charge is 2.24. The quantitative estimate of drug-likeness (QED) is 0.401. The van der Waals surface area contributed by atoms with Crippen molar-refractivity contribution in [2.45, 2.75) is 25.9 Å². The van der Waals surface area contributed by atoms with Crippen LogP contribution >= 0.6 is 0 Å². The molecule has 3 aromatic rings. The number of rotatable bonds is 8. The van der Waals surface area contributed by atoms with Gasteiger partial charge in [0, 0.05) is 55.1 Å². The van der Waals surface area contributed by atoms with E-state index in [2.05, 4.69) is 27.4 Å². The third-order valence-corrected chi connectivity index (χ3v) is 5.55. The molecular weight excluding hydrogens is 418 g/mol. The highest BCUT2D eigenvalue weighted by atomic mass is 16.5. The molecule has 0 radical (unpaired) electrons. The molecule has 0 bridgehead atoms. The fourth-order valence-electron chi connectivity index (χ4n) is 3.85. The number of methoxy groups -OCH3 is 2. The fourth-order valence-corrected chi connectivity index (χ4v) is 3.85. The van der Waals surface area contributed by atoms with E-state index in [1.807, 2.05) is 48.5 Å². The van der Waals surface area contributed by atoms with Crippen molar-refractivity contribution in [1.29, 1.82) is 0 Å². The van der Waals surface area contributed by atoms with E-state index >= 15 is 0 Å². The third-order valence-electron chi connectivity index (χ3n) is 5.55. The van der Waals surface area contributed by atoms with Gasteiger partial charge in [0.25, 0.3) is 0 Å². The third kappa shape index (κ3) is 5.77. The first kappa shape index (κ1) is 22.5. The standard InChI is InChI=1S/C25H31N5O3/c1-4-26-25(27-15-20-17-33-24(28-20)18-8-6-5-7-9-18)29-19-10-11-30(16-19)21-12-22(31-2)14-23(13-21)32-3/h5-9,12-14,17,19H,4,10-11,15-16H2,1-3H3,(H2,26,27,29). The number of nitrogens with zero attached hydrogens (tertiary/aromatic N) is 3. The van der Waals surface area contributed by atoms with Gasteiger partial charge in [-0.15, -0.1) is 0 Å². The van der Waals surface area contributed by atoms with Gasteiger partial charge in [0.2, 0.25) is 5.89 Å². The Balaban J connectivity index is 1.39. The van der Waals surface area contributed by atoms with Crippen LogP contribution in [-0.4, -0.2) is 50.8 Å². The Morgan fingerprint density at radius 3 is 2.61 bits per heavy atom. The van der Waals surface area contributed by atoms with Crippen LogP contribution in [0, 0.1) is 0 Å². The highest BCUT2D eigenvalue weighted by Crippen LogP contribution is 2.30. The lowest BCUT2D eigenvalue weighted by Gasteiger charge is -2.21.